The van der Waals surface area contributed by atoms with E-state index in [0.717, 1.165) is 42.7 Å². The van der Waals surface area contributed by atoms with Gasteiger partial charge in [0, 0.05) is 32.2 Å². The number of nitrogens with zero attached hydrogens (tertiary/aromatic N) is 3. The molecule has 2 rings (SSSR count). The lowest BCUT2D eigenvalue weighted by atomic mass is 10.0. The third-order valence-corrected chi connectivity index (χ3v) is 4.28. The minimum absolute atomic E-state index is 0.711. The molecule has 5 heteroatoms. The minimum atomic E-state index is 0.711. The fourth-order valence-electron chi connectivity index (χ4n) is 2.68. The average Bonchev–Trinajstić information content (AvgIpc) is 2.43. The zero-order chi connectivity index (χ0) is 14.5. The molecule has 0 amide bonds. The van der Waals surface area contributed by atoms with Crippen molar-refractivity contribution in [2.75, 3.05) is 39.0 Å². The first-order valence-electron chi connectivity index (χ1n) is 7.38. The minimum Gasteiger partial charge on any atom is -0.370 e. The predicted octanol–water partition coefficient (Wildman–Crippen LogP) is 2.69. The summed E-state index contributed by atoms with van der Waals surface area (Å²) in [7, 11) is 4.33. The van der Waals surface area contributed by atoms with Crippen LogP contribution in [0.5, 0.6) is 0 Å². The van der Waals surface area contributed by atoms with Crippen LogP contribution in [0.2, 0.25) is 5.02 Å². The maximum Gasteiger partial charge on any atom is 0.126 e. The van der Waals surface area contributed by atoms with Gasteiger partial charge in [0.25, 0.3) is 0 Å². The first kappa shape index (κ1) is 15.5. The predicted molar refractivity (Wildman–Crippen MR) is 85.4 cm³/mol. The lowest BCUT2D eigenvalue weighted by molar-refractivity contribution is 0.139. The largest absolute Gasteiger partial charge is 0.370 e. The zero-order valence-corrected chi connectivity index (χ0v) is 13.5. The number of hydrogen-bond donors (Lipinski definition) is 1. The van der Waals surface area contributed by atoms with Crippen molar-refractivity contribution in [2.24, 2.45) is 0 Å². The Labute approximate surface area is 127 Å². The van der Waals surface area contributed by atoms with Crippen molar-refractivity contribution in [1.82, 2.24) is 14.8 Å². The Morgan fingerprint density at radius 1 is 1.35 bits per heavy atom. The van der Waals surface area contributed by atoms with Gasteiger partial charge in [-0.1, -0.05) is 11.6 Å². The van der Waals surface area contributed by atoms with Crippen LogP contribution in [0.25, 0.3) is 0 Å². The molecular weight excluding hydrogens is 272 g/mol. The Balaban J connectivity index is 1.95. The second kappa shape index (κ2) is 7.25. The van der Waals surface area contributed by atoms with Crippen LogP contribution < -0.4 is 5.32 Å². The molecule has 0 radical (unpaired) electrons. The number of hydrogen-bond acceptors (Lipinski definition) is 4. The molecular formula is C15H25ClN4. The number of aromatic nitrogens is 1. The molecule has 1 aromatic rings. The highest BCUT2D eigenvalue weighted by Gasteiger charge is 2.21. The Morgan fingerprint density at radius 3 is 2.65 bits per heavy atom. The summed E-state index contributed by atoms with van der Waals surface area (Å²) >= 11 is 6.27. The molecule has 1 saturated heterocycles. The van der Waals surface area contributed by atoms with Gasteiger partial charge in [0.1, 0.15) is 5.82 Å². The highest BCUT2D eigenvalue weighted by molar-refractivity contribution is 6.31. The maximum atomic E-state index is 6.27. The fourth-order valence-corrected chi connectivity index (χ4v) is 2.85. The van der Waals surface area contributed by atoms with Gasteiger partial charge in [0.15, 0.2) is 0 Å². The number of anilines is 1. The lowest BCUT2D eigenvalue weighted by Gasteiger charge is -2.35. The summed E-state index contributed by atoms with van der Waals surface area (Å²) in [5.41, 5.74) is 0.980. The summed E-state index contributed by atoms with van der Waals surface area (Å²) in [6.07, 6.45) is 2.44. The summed E-state index contributed by atoms with van der Waals surface area (Å²) < 4.78 is 0. The van der Waals surface area contributed by atoms with E-state index in [0.29, 0.717) is 6.04 Å². The van der Waals surface area contributed by atoms with Crippen LogP contribution >= 0.6 is 11.6 Å². The number of rotatable bonds is 5. The topological polar surface area (TPSA) is 31.4 Å². The smallest absolute Gasteiger partial charge is 0.126 e. The van der Waals surface area contributed by atoms with Crippen molar-refractivity contribution in [3.63, 3.8) is 0 Å². The SMILES string of the molecule is CCNc1ccc(Cl)c(CN2CCC(N(C)C)CC2)n1. The van der Waals surface area contributed by atoms with E-state index in [4.69, 9.17) is 11.6 Å². The molecule has 1 N–H and O–H groups in total. The summed E-state index contributed by atoms with van der Waals surface area (Å²) in [6.45, 7) is 6.03. The molecule has 1 aromatic heterocycles. The Hall–Kier alpha value is -0.840. The standard InChI is InChI=1S/C15H25ClN4/c1-4-17-15-6-5-13(16)14(18-15)11-20-9-7-12(8-10-20)19(2)3/h5-6,12H,4,7-11H2,1-3H3,(H,17,18). The van der Waals surface area contributed by atoms with Crippen molar-refractivity contribution < 1.29 is 0 Å². The molecule has 0 bridgehead atoms. The Morgan fingerprint density at radius 2 is 2.05 bits per heavy atom. The van der Waals surface area contributed by atoms with Crippen molar-refractivity contribution >= 4 is 17.4 Å². The molecule has 1 fully saturated rings. The lowest BCUT2D eigenvalue weighted by Crippen LogP contribution is -2.41. The average molecular weight is 297 g/mol. The van der Waals surface area contributed by atoms with Crippen LogP contribution in [-0.2, 0) is 6.54 Å². The Kier molecular flexibility index (Phi) is 5.64. The normalized spacial score (nSPS) is 17.6. The molecule has 4 nitrogen and oxygen atoms in total. The highest BCUT2D eigenvalue weighted by Crippen LogP contribution is 2.21. The van der Waals surface area contributed by atoms with Gasteiger partial charge < -0.3 is 10.2 Å². The van der Waals surface area contributed by atoms with Gasteiger partial charge in [-0.05, 0) is 46.0 Å². The third kappa shape index (κ3) is 4.08. The van der Waals surface area contributed by atoms with Crippen LogP contribution in [0, 0.1) is 0 Å². The third-order valence-electron chi connectivity index (χ3n) is 3.94. The molecule has 0 unspecified atom stereocenters. The fraction of sp³-hybridized carbons (Fsp3) is 0.667. The Bertz CT molecular complexity index is 428. The number of likely N-dealkylation sites (tertiary alicyclic amines) is 1. The van der Waals surface area contributed by atoms with Crippen LogP contribution in [0.15, 0.2) is 12.1 Å². The number of halogens is 1. The van der Waals surface area contributed by atoms with Crippen LogP contribution in [0.4, 0.5) is 5.82 Å². The summed E-state index contributed by atoms with van der Waals surface area (Å²) in [4.78, 5) is 9.39. The molecule has 112 valence electrons. The number of pyridine rings is 1. The first-order valence-corrected chi connectivity index (χ1v) is 7.76. The number of nitrogens with one attached hydrogen (secondary N) is 1. The van der Waals surface area contributed by atoms with Gasteiger partial charge in [0.2, 0.25) is 0 Å². The summed E-state index contributed by atoms with van der Waals surface area (Å²) in [5.74, 6) is 0.912. The van der Waals surface area contributed by atoms with Gasteiger partial charge in [-0.3, -0.25) is 4.90 Å². The second-order valence-electron chi connectivity index (χ2n) is 5.63. The van der Waals surface area contributed by atoms with Crippen molar-refractivity contribution in [3.05, 3.63) is 22.8 Å². The van der Waals surface area contributed by atoms with E-state index >= 15 is 0 Å². The molecule has 20 heavy (non-hydrogen) atoms. The monoisotopic (exact) mass is 296 g/mol. The quantitative estimate of drug-likeness (QED) is 0.905. The molecule has 1 aliphatic heterocycles. The molecule has 0 aromatic carbocycles. The van der Waals surface area contributed by atoms with Gasteiger partial charge in [-0.2, -0.15) is 0 Å². The zero-order valence-electron chi connectivity index (χ0n) is 12.7. The van der Waals surface area contributed by atoms with Crippen molar-refractivity contribution in [1.29, 1.82) is 0 Å². The van der Waals surface area contributed by atoms with E-state index < -0.39 is 0 Å². The molecule has 0 atom stereocenters. The summed E-state index contributed by atoms with van der Waals surface area (Å²) in [5, 5.41) is 4.00. The van der Waals surface area contributed by atoms with Crippen LogP contribution in [0.3, 0.4) is 0 Å². The van der Waals surface area contributed by atoms with Crippen LogP contribution in [0.1, 0.15) is 25.5 Å². The van der Waals surface area contributed by atoms with Crippen LogP contribution in [-0.4, -0.2) is 54.6 Å². The highest BCUT2D eigenvalue weighted by atomic mass is 35.5. The molecule has 0 spiro atoms. The summed E-state index contributed by atoms with van der Waals surface area (Å²) in [6, 6.07) is 4.59. The van der Waals surface area contributed by atoms with E-state index in [1.807, 2.05) is 12.1 Å². The second-order valence-corrected chi connectivity index (χ2v) is 6.03. The molecule has 0 saturated carbocycles. The van der Waals surface area contributed by atoms with E-state index in [-0.39, 0.29) is 0 Å². The van der Waals surface area contributed by atoms with E-state index in [1.54, 1.807) is 0 Å². The van der Waals surface area contributed by atoms with Gasteiger partial charge >= 0.3 is 0 Å². The van der Waals surface area contributed by atoms with Crippen molar-refractivity contribution in [2.45, 2.75) is 32.4 Å². The van der Waals surface area contributed by atoms with Gasteiger partial charge in [-0.15, -0.1) is 0 Å². The molecule has 1 aliphatic rings. The molecule has 0 aliphatic carbocycles. The van der Waals surface area contributed by atoms with Crippen molar-refractivity contribution in [3.8, 4) is 0 Å². The molecule has 2 heterocycles. The maximum absolute atomic E-state index is 6.27. The van der Waals surface area contributed by atoms with E-state index in [9.17, 15) is 0 Å². The number of piperidine rings is 1. The van der Waals surface area contributed by atoms with E-state index in [2.05, 4.69) is 41.1 Å². The van der Waals surface area contributed by atoms with E-state index in [1.165, 1.54) is 12.8 Å². The van der Waals surface area contributed by atoms with Gasteiger partial charge in [-0.25, -0.2) is 4.98 Å². The first-order chi connectivity index (χ1) is 9.60. The van der Waals surface area contributed by atoms with Gasteiger partial charge in [0.05, 0.1) is 10.7 Å².